The highest BCUT2D eigenvalue weighted by molar-refractivity contribution is 5.55. The molecule has 0 heterocycles. The van der Waals surface area contributed by atoms with E-state index in [0.29, 0.717) is 5.92 Å². The molecule has 1 aliphatic carbocycles. The molecule has 1 fully saturated rings. The van der Waals surface area contributed by atoms with Crippen molar-refractivity contribution in [2.24, 2.45) is 5.92 Å². The zero-order valence-electron chi connectivity index (χ0n) is 13.6. The Kier molecular flexibility index (Phi) is 6.41. The van der Waals surface area contributed by atoms with Crippen LogP contribution in [0, 0.1) is 5.92 Å². The van der Waals surface area contributed by atoms with Gasteiger partial charge >= 0.3 is 0 Å². The van der Waals surface area contributed by atoms with Gasteiger partial charge in [-0.2, -0.15) is 0 Å². The second-order valence-electron chi connectivity index (χ2n) is 6.85. The van der Waals surface area contributed by atoms with E-state index in [-0.39, 0.29) is 0 Å². The average Bonchev–Trinajstić information content (AvgIpc) is 2.47. The fourth-order valence-electron chi connectivity index (χ4n) is 3.76. The SMILES string of the molecule is CCCCCCCC1CCC(c2cc(N)cc(N)c2)CC1. The van der Waals surface area contributed by atoms with Crippen molar-refractivity contribution in [2.45, 2.75) is 77.0 Å². The summed E-state index contributed by atoms with van der Waals surface area (Å²) in [5, 5.41) is 0. The third-order valence-electron chi connectivity index (χ3n) is 5.03. The van der Waals surface area contributed by atoms with Crippen molar-refractivity contribution in [3.05, 3.63) is 23.8 Å². The molecule has 2 rings (SSSR count). The summed E-state index contributed by atoms with van der Waals surface area (Å²) in [7, 11) is 0. The lowest BCUT2D eigenvalue weighted by molar-refractivity contribution is 0.302. The van der Waals surface area contributed by atoms with Crippen LogP contribution >= 0.6 is 0 Å². The molecule has 0 amide bonds. The van der Waals surface area contributed by atoms with Gasteiger partial charge in [0.15, 0.2) is 0 Å². The van der Waals surface area contributed by atoms with Gasteiger partial charge in [0.25, 0.3) is 0 Å². The van der Waals surface area contributed by atoms with Crippen LogP contribution in [0.5, 0.6) is 0 Å². The number of nitrogen functional groups attached to an aromatic ring is 2. The first kappa shape index (κ1) is 16.2. The highest BCUT2D eigenvalue weighted by Gasteiger charge is 2.22. The average molecular weight is 288 g/mol. The Balaban J connectivity index is 1.72. The van der Waals surface area contributed by atoms with Crippen LogP contribution < -0.4 is 11.5 Å². The largest absolute Gasteiger partial charge is 0.399 e. The molecule has 0 bridgehead atoms. The molecule has 1 aliphatic rings. The number of nitrogens with two attached hydrogens (primary N) is 2. The van der Waals surface area contributed by atoms with Gasteiger partial charge in [0, 0.05) is 11.4 Å². The van der Waals surface area contributed by atoms with Gasteiger partial charge in [-0.05, 0) is 61.3 Å². The van der Waals surface area contributed by atoms with E-state index >= 15 is 0 Å². The van der Waals surface area contributed by atoms with Gasteiger partial charge in [0.05, 0.1) is 0 Å². The molecule has 0 aliphatic heterocycles. The Labute approximate surface area is 130 Å². The molecule has 2 heteroatoms. The molecule has 1 aromatic rings. The van der Waals surface area contributed by atoms with Crippen LogP contribution in [0.2, 0.25) is 0 Å². The lowest BCUT2D eigenvalue weighted by Crippen LogP contribution is -2.13. The van der Waals surface area contributed by atoms with Gasteiger partial charge < -0.3 is 11.5 Å². The van der Waals surface area contributed by atoms with E-state index in [1.807, 2.05) is 6.07 Å². The molecule has 0 saturated heterocycles. The molecule has 1 aromatic carbocycles. The van der Waals surface area contributed by atoms with Crippen molar-refractivity contribution < 1.29 is 0 Å². The number of hydrogen-bond donors (Lipinski definition) is 2. The topological polar surface area (TPSA) is 52.0 Å². The summed E-state index contributed by atoms with van der Waals surface area (Å²) in [6.07, 6.45) is 13.9. The molecule has 0 unspecified atom stereocenters. The Morgan fingerprint density at radius 2 is 1.48 bits per heavy atom. The van der Waals surface area contributed by atoms with Gasteiger partial charge in [-0.25, -0.2) is 0 Å². The Morgan fingerprint density at radius 3 is 2.10 bits per heavy atom. The summed E-state index contributed by atoms with van der Waals surface area (Å²) < 4.78 is 0. The fourth-order valence-corrected chi connectivity index (χ4v) is 3.76. The van der Waals surface area contributed by atoms with Crippen LogP contribution in [0.15, 0.2) is 18.2 Å². The number of rotatable bonds is 7. The summed E-state index contributed by atoms with van der Waals surface area (Å²) in [6.45, 7) is 2.28. The number of benzene rings is 1. The zero-order valence-corrected chi connectivity index (χ0v) is 13.6. The maximum Gasteiger partial charge on any atom is 0.0337 e. The minimum atomic E-state index is 0.673. The normalized spacial score (nSPS) is 22.3. The summed E-state index contributed by atoms with van der Waals surface area (Å²) in [5.41, 5.74) is 14.8. The summed E-state index contributed by atoms with van der Waals surface area (Å²) in [4.78, 5) is 0. The van der Waals surface area contributed by atoms with Crippen LogP contribution in [0.1, 0.15) is 82.6 Å². The second kappa shape index (κ2) is 8.31. The molecule has 0 atom stereocenters. The lowest BCUT2D eigenvalue weighted by Gasteiger charge is -2.29. The monoisotopic (exact) mass is 288 g/mol. The van der Waals surface area contributed by atoms with Crippen molar-refractivity contribution in [3.63, 3.8) is 0 Å². The smallest absolute Gasteiger partial charge is 0.0337 e. The van der Waals surface area contributed by atoms with Crippen LogP contribution in [0.25, 0.3) is 0 Å². The quantitative estimate of drug-likeness (QED) is 0.515. The van der Waals surface area contributed by atoms with Crippen LogP contribution in [0.4, 0.5) is 11.4 Å². The molecule has 0 radical (unpaired) electrons. The van der Waals surface area contributed by atoms with E-state index in [2.05, 4.69) is 19.1 Å². The third-order valence-corrected chi connectivity index (χ3v) is 5.03. The molecule has 2 nitrogen and oxygen atoms in total. The third kappa shape index (κ3) is 5.26. The number of unbranched alkanes of at least 4 members (excludes halogenated alkanes) is 4. The Bertz CT molecular complexity index is 399. The Morgan fingerprint density at radius 1 is 0.857 bits per heavy atom. The molecule has 0 aromatic heterocycles. The maximum absolute atomic E-state index is 5.92. The van der Waals surface area contributed by atoms with Crippen molar-refractivity contribution in [2.75, 3.05) is 11.5 Å². The van der Waals surface area contributed by atoms with E-state index in [0.717, 1.165) is 17.3 Å². The lowest BCUT2D eigenvalue weighted by atomic mass is 9.77. The first-order valence-corrected chi connectivity index (χ1v) is 8.85. The molecule has 21 heavy (non-hydrogen) atoms. The van der Waals surface area contributed by atoms with Gasteiger partial charge in [0.2, 0.25) is 0 Å². The van der Waals surface area contributed by atoms with E-state index in [1.54, 1.807) is 0 Å². The minimum absolute atomic E-state index is 0.673. The summed E-state index contributed by atoms with van der Waals surface area (Å²) >= 11 is 0. The van der Waals surface area contributed by atoms with Crippen LogP contribution in [0.3, 0.4) is 0 Å². The summed E-state index contributed by atoms with van der Waals surface area (Å²) in [5.74, 6) is 1.63. The zero-order chi connectivity index (χ0) is 15.1. The molecule has 0 spiro atoms. The van der Waals surface area contributed by atoms with E-state index in [9.17, 15) is 0 Å². The van der Waals surface area contributed by atoms with E-state index in [1.165, 1.54) is 69.8 Å². The first-order valence-electron chi connectivity index (χ1n) is 8.85. The van der Waals surface area contributed by atoms with Crippen molar-refractivity contribution >= 4 is 11.4 Å². The van der Waals surface area contributed by atoms with Gasteiger partial charge in [-0.1, -0.05) is 45.4 Å². The second-order valence-corrected chi connectivity index (χ2v) is 6.85. The highest BCUT2D eigenvalue weighted by Crippen LogP contribution is 2.38. The van der Waals surface area contributed by atoms with Crippen molar-refractivity contribution in [1.82, 2.24) is 0 Å². The van der Waals surface area contributed by atoms with Crippen LogP contribution in [-0.2, 0) is 0 Å². The fraction of sp³-hybridized carbons (Fsp3) is 0.684. The summed E-state index contributed by atoms with van der Waals surface area (Å²) in [6, 6.07) is 6.09. The molecule has 4 N–H and O–H groups in total. The van der Waals surface area contributed by atoms with Gasteiger partial charge in [-0.3, -0.25) is 0 Å². The van der Waals surface area contributed by atoms with E-state index in [4.69, 9.17) is 11.5 Å². The maximum atomic E-state index is 5.92. The first-order chi connectivity index (χ1) is 10.2. The highest BCUT2D eigenvalue weighted by atomic mass is 14.6. The predicted octanol–water partition coefficient (Wildman–Crippen LogP) is 5.49. The van der Waals surface area contributed by atoms with Crippen molar-refractivity contribution in [1.29, 1.82) is 0 Å². The van der Waals surface area contributed by atoms with Crippen molar-refractivity contribution in [3.8, 4) is 0 Å². The van der Waals surface area contributed by atoms with Gasteiger partial charge in [-0.15, -0.1) is 0 Å². The number of anilines is 2. The van der Waals surface area contributed by atoms with Gasteiger partial charge in [0.1, 0.15) is 0 Å². The minimum Gasteiger partial charge on any atom is -0.399 e. The molecule has 1 saturated carbocycles. The Hall–Kier alpha value is -1.18. The molecule has 118 valence electrons. The number of hydrogen-bond acceptors (Lipinski definition) is 2. The predicted molar refractivity (Wildman–Crippen MR) is 93.3 cm³/mol. The standard InChI is InChI=1S/C19H32N2/c1-2-3-4-5-6-7-15-8-10-16(11-9-15)17-12-18(20)14-19(21)13-17/h12-16H,2-11,20-21H2,1H3. The molecular weight excluding hydrogens is 256 g/mol. The molecular formula is C19H32N2. The van der Waals surface area contributed by atoms with Crippen LogP contribution in [-0.4, -0.2) is 0 Å². The van der Waals surface area contributed by atoms with E-state index < -0.39 is 0 Å².